The number of hydrogen-bond donors (Lipinski definition) is 3. The van der Waals surface area contributed by atoms with Gasteiger partial charge in [-0.15, -0.1) is 0 Å². The third-order valence-electron chi connectivity index (χ3n) is 3.53. The first-order valence-corrected chi connectivity index (χ1v) is 8.30. The van der Waals surface area contributed by atoms with Gasteiger partial charge in [-0.2, -0.15) is 0 Å². The zero-order valence-corrected chi connectivity index (χ0v) is 14.9. The summed E-state index contributed by atoms with van der Waals surface area (Å²) < 4.78 is 5.20. The van der Waals surface area contributed by atoms with Gasteiger partial charge < -0.3 is 20.4 Å². The van der Waals surface area contributed by atoms with Gasteiger partial charge in [-0.1, -0.05) is 6.07 Å². The largest absolute Gasteiger partial charge is 0.467 e. The minimum absolute atomic E-state index is 0.158. The molecule has 1 aromatic carbocycles. The third-order valence-corrected chi connectivity index (χ3v) is 3.53. The van der Waals surface area contributed by atoms with E-state index in [1.165, 1.54) is 6.92 Å². The van der Waals surface area contributed by atoms with Crippen LogP contribution in [-0.4, -0.2) is 21.8 Å². The fourth-order valence-corrected chi connectivity index (χ4v) is 2.42. The third kappa shape index (κ3) is 5.15. The van der Waals surface area contributed by atoms with E-state index in [2.05, 4.69) is 25.9 Å². The lowest BCUT2D eigenvalue weighted by atomic mass is 10.2. The second kappa shape index (κ2) is 8.13. The molecule has 3 aromatic rings. The fraction of sp³-hybridized carbons (Fsp3) is 0.158. The highest BCUT2D eigenvalue weighted by Crippen LogP contribution is 2.18. The maximum absolute atomic E-state index is 12.4. The van der Waals surface area contributed by atoms with Crippen LogP contribution in [0.5, 0.6) is 0 Å². The number of anilines is 3. The first kappa shape index (κ1) is 18.1. The summed E-state index contributed by atoms with van der Waals surface area (Å²) in [6, 6.07) is 12.3. The Balaban J connectivity index is 1.73. The molecule has 0 saturated heterocycles. The van der Waals surface area contributed by atoms with E-state index in [-0.39, 0.29) is 30.0 Å². The fourth-order valence-electron chi connectivity index (χ4n) is 2.42. The van der Waals surface area contributed by atoms with Crippen LogP contribution in [0.1, 0.15) is 28.9 Å². The molecule has 0 saturated carbocycles. The Morgan fingerprint density at radius 1 is 1.07 bits per heavy atom. The molecule has 27 heavy (non-hydrogen) atoms. The van der Waals surface area contributed by atoms with Gasteiger partial charge in [0.15, 0.2) is 0 Å². The van der Waals surface area contributed by atoms with Crippen molar-refractivity contribution in [1.82, 2.24) is 15.3 Å². The molecular formula is C19H19N5O3. The molecule has 0 unspecified atom stereocenters. The molecule has 0 radical (unpaired) electrons. The van der Waals surface area contributed by atoms with Crippen LogP contribution in [0, 0.1) is 6.92 Å². The molecule has 2 aromatic heterocycles. The smallest absolute Gasteiger partial charge is 0.270 e. The van der Waals surface area contributed by atoms with Crippen molar-refractivity contribution in [3.8, 4) is 0 Å². The zero-order chi connectivity index (χ0) is 19.2. The van der Waals surface area contributed by atoms with Gasteiger partial charge in [-0.25, -0.2) is 9.97 Å². The van der Waals surface area contributed by atoms with Crippen molar-refractivity contribution in [3.63, 3.8) is 0 Å². The number of benzene rings is 1. The summed E-state index contributed by atoms with van der Waals surface area (Å²) in [6.07, 6.45) is 1.55. The number of amides is 2. The van der Waals surface area contributed by atoms with Gasteiger partial charge in [-0.3, -0.25) is 9.59 Å². The molecule has 2 amide bonds. The molecule has 2 heterocycles. The van der Waals surface area contributed by atoms with Crippen LogP contribution in [0.3, 0.4) is 0 Å². The highest BCUT2D eigenvalue weighted by molar-refractivity contribution is 5.92. The van der Waals surface area contributed by atoms with Crippen LogP contribution in [0.15, 0.2) is 53.1 Å². The zero-order valence-electron chi connectivity index (χ0n) is 14.9. The van der Waals surface area contributed by atoms with Crippen molar-refractivity contribution in [3.05, 3.63) is 65.9 Å². The van der Waals surface area contributed by atoms with E-state index in [4.69, 9.17) is 4.42 Å². The average Bonchev–Trinajstić information content (AvgIpc) is 3.12. The number of furan rings is 1. The van der Waals surface area contributed by atoms with E-state index in [1.807, 2.05) is 6.07 Å². The molecule has 8 heteroatoms. The molecule has 138 valence electrons. The van der Waals surface area contributed by atoms with E-state index >= 15 is 0 Å². The lowest BCUT2D eigenvalue weighted by molar-refractivity contribution is -0.114. The summed E-state index contributed by atoms with van der Waals surface area (Å²) in [5.41, 5.74) is 2.23. The lowest BCUT2D eigenvalue weighted by Gasteiger charge is -2.10. The average molecular weight is 365 g/mol. The Kier molecular flexibility index (Phi) is 5.46. The first-order valence-electron chi connectivity index (χ1n) is 8.30. The van der Waals surface area contributed by atoms with Gasteiger partial charge >= 0.3 is 0 Å². The van der Waals surface area contributed by atoms with Crippen molar-refractivity contribution >= 4 is 29.1 Å². The summed E-state index contributed by atoms with van der Waals surface area (Å²) in [5.74, 6) is 0.460. The number of carbonyl (C=O) groups excluding carboxylic acids is 2. The Hall–Kier alpha value is -3.68. The Labute approximate surface area is 156 Å². The molecule has 3 rings (SSSR count). The first-order chi connectivity index (χ1) is 13.0. The van der Waals surface area contributed by atoms with Gasteiger partial charge in [0.05, 0.1) is 12.8 Å². The van der Waals surface area contributed by atoms with E-state index in [0.717, 1.165) is 0 Å². The Bertz CT molecular complexity index is 954. The number of carbonyl (C=O) groups is 2. The minimum Gasteiger partial charge on any atom is -0.467 e. The van der Waals surface area contributed by atoms with E-state index < -0.39 is 0 Å². The number of nitrogens with zero attached hydrogens (tertiary/aromatic N) is 2. The number of hydrogen-bond acceptors (Lipinski definition) is 6. The topological polar surface area (TPSA) is 109 Å². The van der Waals surface area contributed by atoms with Crippen molar-refractivity contribution in [2.24, 2.45) is 0 Å². The van der Waals surface area contributed by atoms with Crippen molar-refractivity contribution in [1.29, 1.82) is 0 Å². The summed E-state index contributed by atoms with van der Waals surface area (Å²) in [4.78, 5) is 32.1. The van der Waals surface area contributed by atoms with E-state index in [9.17, 15) is 9.59 Å². The van der Waals surface area contributed by atoms with E-state index in [0.29, 0.717) is 22.8 Å². The normalized spacial score (nSPS) is 10.3. The molecule has 3 N–H and O–H groups in total. The second-order valence-corrected chi connectivity index (χ2v) is 5.87. The SMILES string of the molecule is CC(=O)Nc1cccc(Nc2nc(C)cc(C(=O)NCc3ccco3)n2)c1. The van der Waals surface area contributed by atoms with Crippen LogP contribution >= 0.6 is 0 Å². The highest BCUT2D eigenvalue weighted by atomic mass is 16.3. The number of nitrogens with one attached hydrogen (secondary N) is 3. The second-order valence-electron chi connectivity index (χ2n) is 5.87. The Morgan fingerprint density at radius 3 is 2.63 bits per heavy atom. The molecule has 0 bridgehead atoms. The van der Waals surface area contributed by atoms with Crippen LogP contribution in [0.2, 0.25) is 0 Å². The van der Waals surface area contributed by atoms with Crippen molar-refractivity contribution in [2.45, 2.75) is 20.4 Å². The van der Waals surface area contributed by atoms with Crippen molar-refractivity contribution < 1.29 is 14.0 Å². The molecule has 0 aliphatic heterocycles. The molecule has 0 spiro atoms. The number of rotatable bonds is 6. The summed E-state index contributed by atoms with van der Waals surface area (Å²) in [6.45, 7) is 3.50. The van der Waals surface area contributed by atoms with E-state index in [1.54, 1.807) is 49.6 Å². The summed E-state index contributed by atoms with van der Waals surface area (Å²) >= 11 is 0. The number of aromatic nitrogens is 2. The van der Waals surface area contributed by atoms with Crippen LogP contribution in [0.25, 0.3) is 0 Å². The maximum Gasteiger partial charge on any atom is 0.270 e. The minimum atomic E-state index is -0.327. The molecule has 0 atom stereocenters. The molecule has 0 aliphatic carbocycles. The van der Waals surface area contributed by atoms with Crippen LogP contribution in [-0.2, 0) is 11.3 Å². The molecular weight excluding hydrogens is 346 g/mol. The van der Waals surface area contributed by atoms with Crippen molar-refractivity contribution in [2.75, 3.05) is 10.6 Å². The van der Waals surface area contributed by atoms with Crippen LogP contribution < -0.4 is 16.0 Å². The standard InChI is InChI=1S/C19H19N5O3/c1-12-9-17(18(26)20-11-16-7-4-8-27-16)24-19(21-12)23-15-6-3-5-14(10-15)22-13(2)25/h3-10H,11H2,1-2H3,(H,20,26)(H,22,25)(H,21,23,24). The van der Waals surface area contributed by atoms with Crippen LogP contribution in [0.4, 0.5) is 17.3 Å². The quantitative estimate of drug-likeness (QED) is 0.619. The van der Waals surface area contributed by atoms with Gasteiger partial charge in [0.2, 0.25) is 11.9 Å². The molecule has 8 nitrogen and oxygen atoms in total. The molecule has 0 fully saturated rings. The predicted octanol–water partition coefficient (Wildman–Crippen LogP) is 3.01. The summed E-state index contributed by atoms with van der Waals surface area (Å²) in [5, 5.41) is 8.51. The van der Waals surface area contributed by atoms with Gasteiger partial charge in [0.1, 0.15) is 11.5 Å². The maximum atomic E-state index is 12.4. The highest BCUT2D eigenvalue weighted by Gasteiger charge is 2.11. The molecule has 0 aliphatic rings. The number of aryl methyl sites for hydroxylation is 1. The van der Waals surface area contributed by atoms with Gasteiger partial charge in [0.25, 0.3) is 5.91 Å². The monoisotopic (exact) mass is 365 g/mol. The predicted molar refractivity (Wildman–Crippen MR) is 101 cm³/mol. The lowest BCUT2D eigenvalue weighted by Crippen LogP contribution is -2.24. The van der Waals surface area contributed by atoms with Gasteiger partial charge in [-0.05, 0) is 43.3 Å². The Morgan fingerprint density at radius 2 is 1.89 bits per heavy atom. The van der Waals surface area contributed by atoms with Gasteiger partial charge in [0, 0.05) is 24.0 Å². The summed E-state index contributed by atoms with van der Waals surface area (Å²) in [7, 11) is 0.